The highest BCUT2D eigenvalue weighted by Gasteiger charge is 2.45. The quantitative estimate of drug-likeness (QED) is 0.473. The van der Waals surface area contributed by atoms with Crippen molar-refractivity contribution in [3.8, 4) is 10.4 Å². The maximum Gasteiger partial charge on any atom is 0.410 e. The van der Waals surface area contributed by atoms with Crippen molar-refractivity contribution >= 4 is 34.1 Å². The third kappa shape index (κ3) is 3.29. The summed E-state index contributed by atoms with van der Waals surface area (Å²) in [5.41, 5.74) is 2.29. The molecular formula is C20H17F3N6OS. The van der Waals surface area contributed by atoms with E-state index in [2.05, 4.69) is 15.2 Å². The van der Waals surface area contributed by atoms with Gasteiger partial charge in [-0.1, -0.05) is 6.07 Å². The fraction of sp³-hybridized carbons (Fsp3) is 0.300. The van der Waals surface area contributed by atoms with Gasteiger partial charge in [-0.2, -0.15) is 23.4 Å². The van der Waals surface area contributed by atoms with E-state index >= 15 is 0 Å². The second-order valence-corrected chi connectivity index (χ2v) is 8.25. The minimum atomic E-state index is -4.42. The van der Waals surface area contributed by atoms with E-state index in [1.54, 1.807) is 17.5 Å². The van der Waals surface area contributed by atoms with Crippen LogP contribution in [-0.2, 0) is 11.3 Å². The highest BCUT2D eigenvalue weighted by Crippen LogP contribution is 2.39. The molecular weight excluding hydrogens is 429 g/mol. The Morgan fingerprint density at radius 3 is 2.84 bits per heavy atom. The molecule has 0 aliphatic carbocycles. The van der Waals surface area contributed by atoms with Gasteiger partial charge in [0.2, 0.25) is 5.91 Å². The van der Waals surface area contributed by atoms with Crippen molar-refractivity contribution in [3.05, 3.63) is 47.7 Å². The zero-order chi connectivity index (χ0) is 21.8. The van der Waals surface area contributed by atoms with Crippen LogP contribution in [0.3, 0.4) is 0 Å². The fourth-order valence-corrected chi connectivity index (χ4v) is 4.80. The molecule has 4 aromatic heterocycles. The minimum Gasteiger partial charge on any atom is -0.295 e. The van der Waals surface area contributed by atoms with Crippen molar-refractivity contribution in [2.45, 2.75) is 32.1 Å². The lowest BCUT2D eigenvalue weighted by atomic mass is 10.1. The molecule has 5 heterocycles. The molecule has 0 N–H and O–H groups in total. The number of nitrogens with zero attached hydrogens (tertiary/aromatic N) is 6. The topological polar surface area (TPSA) is 68.8 Å². The molecule has 0 saturated carbocycles. The van der Waals surface area contributed by atoms with Crippen molar-refractivity contribution in [2.75, 3.05) is 11.4 Å². The number of pyridine rings is 1. The van der Waals surface area contributed by atoms with E-state index in [1.165, 1.54) is 21.8 Å². The standard InChI is InChI=1S/C20H17F3N6OS/c1-12-18-13(14-3-2-10-31-14)4-7-24-19(18)28(26-12)11-17(30)27-9-6-15(20(21,22)23)29-16(27)5-8-25-29/h2-5,7-8,10,15H,6,9,11H2,1H3. The third-order valence-corrected chi connectivity index (χ3v) is 6.31. The number of aromatic nitrogens is 5. The van der Waals surface area contributed by atoms with Gasteiger partial charge in [0.15, 0.2) is 11.7 Å². The van der Waals surface area contributed by atoms with Gasteiger partial charge in [0.25, 0.3) is 0 Å². The van der Waals surface area contributed by atoms with E-state index in [9.17, 15) is 18.0 Å². The van der Waals surface area contributed by atoms with Crippen LogP contribution in [0.25, 0.3) is 21.5 Å². The normalized spacial score (nSPS) is 16.6. The summed E-state index contributed by atoms with van der Waals surface area (Å²) in [7, 11) is 0. The molecule has 0 radical (unpaired) electrons. The molecule has 7 nitrogen and oxygen atoms in total. The van der Waals surface area contributed by atoms with Gasteiger partial charge in [-0.05, 0) is 30.9 Å². The fourth-order valence-electron chi connectivity index (χ4n) is 4.05. The van der Waals surface area contributed by atoms with Crippen LogP contribution in [0.4, 0.5) is 19.0 Å². The van der Waals surface area contributed by atoms with Crippen LogP contribution >= 0.6 is 11.3 Å². The highest BCUT2D eigenvalue weighted by atomic mass is 32.1. The van der Waals surface area contributed by atoms with Crippen LogP contribution < -0.4 is 4.90 Å². The van der Waals surface area contributed by atoms with Gasteiger partial charge in [-0.3, -0.25) is 9.69 Å². The number of alkyl halides is 3. The third-order valence-electron chi connectivity index (χ3n) is 5.41. The number of anilines is 1. The number of carbonyl (C=O) groups is 1. The van der Waals surface area contributed by atoms with E-state index < -0.39 is 12.2 Å². The Labute approximate surface area is 178 Å². The summed E-state index contributed by atoms with van der Waals surface area (Å²) >= 11 is 1.60. The number of hydrogen-bond donors (Lipinski definition) is 0. The number of halogens is 3. The molecule has 1 aliphatic heterocycles. The van der Waals surface area contributed by atoms with Crippen molar-refractivity contribution in [3.63, 3.8) is 0 Å². The first-order chi connectivity index (χ1) is 14.8. The molecule has 0 aromatic carbocycles. The molecule has 1 aliphatic rings. The number of rotatable bonds is 3. The molecule has 0 fully saturated rings. The lowest BCUT2D eigenvalue weighted by Gasteiger charge is -2.33. The average Bonchev–Trinajstić information content (AvgIpc) is 3.47. The Hall–Kier alpha value is -3.21. The van der Waals surface area contributed by atoms with E-state index in [0.717, 1.165) is 26.2 Å². The summed E-state index contributed by atoms with van der Waals surface area (Å²) in [5.74, 6) is -0.228. The number of fused-ring (bicyclic) bond motifs is 2. The van der Waals surface area contributed by atoms with Gasteiger partial charge in [0.05, 0.1) is 17.3 Å². The molecule has 0 bridgehead atoms. The van der Waals surface area contributed by atoms with Crippen molar-refractivity contribution in [1.29, 1.82) is 0 Å². The molecule has 1 unspecified atom stereocenters. The van der Waals surface area contributed by atoms with Crippen molar-refractivity contribution < 1.29 is 18.0 Å². The maximum absolute atomic E-state index is 13.3. The van der Waals surface area contributed by atoms with Crippen LogP contribution in [0.15, 0.2) is 42.0 Å². The Balaban J connectivity index is 1.47. The van der Waals surface area contributed by atoms with Crippen LogP contribution in [0.2, 0.25) is 0 Å². The number of thiophene rings is 1. The van der Waals surface area contributed by atoms with Gasteiger partial charge in [-0.25, -0.2) is 14.3 Å². The number of aryl methyl sites for hydroxylation is 1. The Morgan fingerprint density at radius 1 is 1.26 bits per heavy atom. The van der Waals surface area contributed by atoms with Crippen LogP contribution in [0, 0.1) is 6.92 Å². The Morgan fingerprint density at radius 2 is 2.10 bits per heavy atom. The van der Waals surface area contributed by atoms with Crippen LogP contribution in [0.5, 0.6) is 0 Å². The largest absolute Gasteiger partial charge is 0.410 e. The summed E-state index contributed by atoms with van der Waals surface area (Å²) in [6.45, 7) is 1.68. The van der Waals surface area contributed by atoms with Crippen LogP contribution in [0.1, 0.15) is 18.2 Å². The SMILES string of the molecule is Cc1nn(CC(=O)N2CCC(C(F)(F)F)n3nccc32)c2nccc(-c3cccs3)c12. The Bertz CT molecular complexity index is 1260. The molecule has 0 saturated heterocycles. The van der Waals surface area contributed by atoms with Gasteiger partial charge in [-0.15, -0.1) is 11.3 Å². The summed E-state index contributed by atoms with van der Waals surface area (Å²) in [5, 5.41) is 11.2. The van der Waals surface area contributed by atoms with Gasteiger partial charge in [0.1, 0.15) is 12.4 Å². The summed E-state index contributed by atoms with van der Waals surface area (Å²) in [4.78, 5) is 19.9. The predicted octanol–water partition coefficient (Wildman–Crippen LogP) is 4.21. The number of amides is 1. The first kappa shape index (κ1) is 19.7. The maximum atomic E-state index is 13.3. The first-order valence-corrected chi connectivity index (χ1v) is 10.5. The molecule has 5 rings (SSSR count). The van der Waals surface area contributed by atoms with Gasteiger partial charge >= 0.3 is 6.18 Å². The smallest absolute Gasteiger partial charge is 0.295 e. The van der Waals surface area contributed by atoms with E-state index in [1.807, 2.05) is 30.5 Å². The minimum absolute atomic E-state index is 0.0409. The number of hydrogen-bond acceptors (Lipinski definition) is 5. The Kier molecular flexibility index (Phi) is 4.58. The van der Waals surface area contributed by atoms with E-state index in [4.69, 9.17) is 0 Å². The first-order valence-electron chi connectivity index (χ1n) is 9.61. The van der Waals surface area contributed by atoms with E-state index in [0.29, 0.717) is 5.65 Å². The second kappa shape index (κ2) is 7.19. The summed E-state index contributed by atoms with van der Waals surface area (Å²) < 4.78 is 42.3. The molecule has 160 valence electrons. The second-order valence-electron chi connectivity index (χ2n) is 7.30. The number of carbonyl (C=O) groups excluding carboxylic acids is 1. The summed E-state index contributed by atoms with van der Waals surface area (Å²) in [6, 6.07) is 5.57. The molecule has 1 amide bonds. The van der Waals surface area contributed by atoms with Crippen molar-refractivity contribution in [1.82, 2.24) is 24.5 Å². The van der Waals surface area contributed by atoms with Crippen LogP contribution in [-0.4, -0.2) is 43.2 Å². The molecule has 11 heteroatoms. The molecule has 4 aromatic rings. The van der Waals surface area contributed by atoms with E-state index in [-0.39, 0.29) is 31.2 Å². The molecule has 1 atom stereocenters. The average molecular weight is 446 g/mol. The molecule has 0 spiro atoms. The zero-order valence-electron chi connectivity index (χ0n) is 16.4. The monoisotopic (exact) mass is 446 g/mol. The lowest BCUT2D eigenvalue weighted by Crippen LogP contribution is -2.44. The van der Waals surface area contributed by atoms with Gasteiger partial charge < -0.3 is 0 Å². The molecule has 31 heavy (non-hydrogen) atoms. The predicted molar refractivity (Wildman–Crippen MR) is 110 cm³/mol. The van der Waals surface area contributed by atoms with Gasteiger partial charge in [0, 0.05) is 29.2 Å². The lowest BCUT2D eigenvalue weighted by molar-refractivity contribution is -0.172. The zero-order valence-corrected chi connectivity index (χ0v) is 17.2. The highest BCUT2D eigenvalue weighted by molar-refractivity contribution is 7.13. The van der Waals surface area contributed by atoms with Crippen molar-refractivity contribution in [2.24, 2.45) is 0 Å². The summed E-state index contributed by atoms with van der Waals surface area (Å²) in [6.07, 6.45) is -1.72.